The number of nitro benzene ring substituents is 1. The summed E-state index contributed by atoms with van der Waals surface area (Å²) in [5, 5.41) is 11.7. The molecule has 0 bridgehead atoms. The van der Waals surface area contributed by atoms with E-state index in [4.69, 9.17) is 9.47 Å². The lowest BCUT2D eigenvalue weighted by molar-refractivity contribution is -0.384. The van der Waals surface area contributed by atoms with Crippen molar-refractivity contribution in [3.05, 3.63) is 58.1 Å². The second-order valence-electron chi connectivity index (χ2n) is 7.76. The van der Waals surface area contributed by atoms with Crippen molar-refractivity contribution in [1.82, 2.24) is 15.8 Å². The molecule has 2 N–H and O–H groups in total. The van der Waals surface area contributed by atoms with Crippen LogP contribution < -0.4 is 25.2 Å². The van der Waals surface area contributed by atoms with Crippen LogP contribution >= 0.6 is 0 Å². The molecule has 2 aromatic carbocycles. The van der Waals surface area contributed by atoms with Crippen LogP contribution in [-0.4, -0.2) is 66.4 Å². The molecule has 0 saturated carbocycles. The minimum Gasteiger partial charge on any atom is -0.485 e. The van der Waals surface area contributed by atoms with E-state index in [0.717, 1.165) is 6.07 Å². The van der Waals surface area contributed by atoms with Gasteiger partial charge in [0.25, 0.3) is 17.5 Å². The number of piperazine rings is 1. The van der Waals surface area contributed by atoms with Crippen molar-refractivity contribution in [2.24, 2.45) is 0 Å². The Labute approximate surface area is 194 Å². The summed E-state index contributed by atoms with van der Waals surface area (Å²) in [6.07, 6.45) is -0.972. The van der Waals surface area contributed by atoms with Gasteiger partial charge in [-0.25, -0.2) is 0 Å². The molecule has 2 aliphatic heterocycles. The number of hydrogen-bond acceptors (Lipinski definition) is 8. The van der Waals surface area contributed by atoms with Crippen LogP contribution in [0.4, 0.5) is 11.4 Å². The first kappa shape index (κ1) is 22.8. The molecule has 0 spiro atoms. The molecule has 1 atom stereocenters. The summed E-state index contributed by atoms with van der Waals surface area (Å²) >= 11 is 0. The SMILES string of the molecule is CC(=O)N1CCN(c2ccc(C(=O)NNC(=O)C3COc4ccccc4O3)cc2[N+](=O)[O-])CC1. The van der Waals surface area contributed by atoms with Gasteiger partial charge in [-0.3, -0.25) is 35.3 Å². The maximum absolute atomic E-state index is 12.5. The van der Waals surface area contributed by atoms with E-state index in [1.54, 1.807) is 34.1 Å². The largest absolute Gasteiger partial charge is 0.485 e. The number of carbonyl (C=O) groups is 3. The van der Waals surface area contributed by atoms with Gasteiger partial charge < -0.3 is 19.3 Å². The molecule has 12 nitrogen and oxygen atoms in total. The lowest BCUT2D eigenvalue weighted by Gasteiger charge is -2.35. The van der Waals surface area contributed by atoms with Gasteiger partial charge in [0, 0.05) is 44.7 Å². The number of ether oxygens (including phenoxy) is 2. The van der Waals surface area contributed by atoms with Crippen LogP contribution in [0.5, 0.6) is 11.5 Å². The molecule has 34 heavy (non-hydrogen) atoms. The quantitative estimate of drug-likeness (QED) is 0.496. The van der Waals surface area contributed by atoms with E-state index in [9.17, 15) is 24.5 Å². The Balaban J connectivity index is 1.39. The number of fused-ring (bicyclic) bond motifs is 1. The first-order valence-electron chi connectivity index (χ1n) is 10.6. The second-order valence-corrected chi connectivity index (χ2v) is 7.76. The summed E-state index contributed by atoms with van der Waals surface area (Å²) in [7, 11) is 0. The summed E-state index contributed by atoms with van der Waals surface area (Å²) in [5.74, 6) is -0.460. The van der Waals surface area contributed by atoms with Crippen molar-refractivity contribution in [1.29, 1.82) is 0 Å². The molecule has 1 fully saturated rings. The molecule has 0 aliphatic carbocycles. The van der Waals surface area contributed by atoms with Gasteiger partial charge in [0.15, 0.2) is 11.5 Å². The van der Waals surface area contributed by atoms with Gasteiger partial charge in [0.1, 0.15) is 12.3 Å². The fourth-order valence-corrected chi connectivity index (χ4v) is 3.76. The van der Waals surface area contributed by atoms with Gasteiger partial charge in [-0.15, -0.1) is 0 Å². The van der Waals surface area contributed by atoms with E-state index >= 15 is 0 Å². The predicted octanol–water partition coefficient (Wildman–Crippen LogP) is 0.864. The molecule has 4 rings (SSSR count). The van der Waals surface area contributed by atoms with Crippen LogP contribution in [-0.2, 0) is 9.59 Å². The molecule has 0 radical (unpaired) electrons. The topological polar surface area (TPSA) is 143 Å². The smallest absolute Gasteiger partial charge is 0.293 e. The van der Waals surface area contributed by atoms with Gasteiger partial charge in [-0.2, -0.15) is 0 Å². The van der Waals surface area contributed by atoms with Crippen molar-refractivity contribution >= 4 is 29.1 Å². The average molecular weight is 469 g/mol. The summed E-state index contributed by atoms with van der Waals surface area (Å²) in [6.45, 7) is 3.24. The number of hydrogen-bond donors (Lipinski definition) is 2. The molecule has 2 aliphatic rings. The van der Waals surface area contributed by atoms with Crippen molar-refractivity contribution in [2.75, 3.05) is 37.7 Å². The van der Waals surface area contributed by atoms with Crippen LogP contribution in [0.3, 0.4) is 0 Å². The number of nitro groups is 1. The number of hydrazine groups is 1. The molecule has 2 aromatic rings. The van der Waals surface area contributed by atoms with Gasteiger partial charge in [0.05, 0.1) is 4.92 Å². The van der Waals surface area contributed by atoms with Gasteiger partial charge in [-0.05, 0) is 24.3 Å². The monoisotopic (exact) mass is 469 g/mol. The Morgan fingerprint density at radius 3 is 2.41 bits per heavy atom. The van der Waals surface area contributed by atoms with Gasteiger partial charge in [0.2, 0.25) is 12.0 Å². The third kappa shape index (κ3) is 4.85. The fourth-order valence-electron chi connectivity index (χ4n) is 3.76. The Morgan fingerprint density at radius 1 is 1.03 bits per heavy atom. The van der Waals surface area contributed by atoms with E-state index < -0.39 is 22.8 Å². The van der Waals surface area contributed by atoms with Gasteiger partial charge in [-0.1, -0.05) is 12.1 Å². The molecule has 1 unspecified atom stereocenters. The molecule has 2 heterocycles. The number of amides is 3. The molecule has 0 aromatic heterocycles. The Kier molecular flexibility index (Phi) is 6.48. The van der Waals surface area contributed by atoms with Crippen LogP contribution in [0, 0.1) is 10.1 Å². The average Bonchev–Trinajstić information content (AvgIpc) is 2.86. The highest BCUT2D eigenvalue weighted by Crippen LogP contribution is 2.31. The number of benzene rings is 2. The Morgan fingerprint density at radius 2 is 1.74 bits per heavy atom. The first-order valence-corrected chi connectivity index (χ1v) is 10.6. The van der Waals surface area contributed by atoms with Crippen molar-refractivity contribution < 1.29 is 28.8 Å². The predicted molar refractivity (Wildman–Crippen MR) is 120 cm³/mol. The zero-order chi connectivity index (χ0) is 24.2. The lowest BCUT2D eigenvalue weighted by Crippen LogP contribution is -2.50. The third-order valence-corrected chi connectivity index (χ3v) is 5.60. The van der Waals surface area contributed by atoms with E-state index in [-0.39, 0.29) is 23.8 Å². The van der Waals surface area contributed by atoms with Crippen LogP contribution in [0.2, 0.25) is 0 Å². The lowest BCUT2D eigenvalue weighted by atomic mass is 10.1. The summed E-state index contributed by atoms with van der Waals surface area (Å²) in [5.41, 5.74) is 4.64. The van der Waals surface area contributed by atoms with Crippen LogP contribution in [0.15, 0.2) is 42.5 Å². The number of para-hydroxylation sites is 2. The fraction of sp³-hybridized carbons (Fsp3) is 0.318. The second kappa shape index (κ2) is 9.65. The highest BCUT2D eigenvalue weighted by molar-refractivity contribution is 5.97. The molecular formula is C22H23N5O7. The number of nitrogens with one attached hydrogen (secondary N) is 2. The maximum Gasteiger partial charge on any atom is 0.293 e. The number of nitrogens with zero attached hydrogens (tertiary/aromatic N) is 3. The Bertz CT molecular complexity index is 1130. The van der Waals surface area contributed by atoms with E-state index in [0.29, 0.717) is 43.4 Å². The number of anilines is 1. The molecular weight excluding hydrogens is 446 g/mol. The standard InChI is InChI=1S/C22H23N5O7/c1-14(28)25-8-10-26(11-9-25)16-7-6-15(12-17(16)27(31)32)21(29)23-24-22(30)20-13-33-18-4-2-3-5-19(18)34-20/h2-7,12,20H,8-11,13H2,1H3,(H,23,29)(H,24,30). The maximum atomic E-state index is 12.5. The summed E-state index contributed by atoms with van der Waals surface area (Å²) < 4.78 is 11.1. The van der Waals surface area contributed by atoms with Gasteiger partial charge >= 0.3 is 0 Å². The highest BCUT2D eigenvalue weighted by atomic mass is 16.6. The summed E-state index contributed by atoms with van der Waals surface area (Å²) in [6, 6.07) is 11.0. The van der Waals surface area contributed by atoms with Crippen LogP contribution in [0.25, 0.3) is 0 Å². The van der Waals surface area contributed by atoms with E-state index in [2.05, 4.69) is 10.9 Å². The zero-order valence-corrected chi connectivity index (χ0v) is 18.4. The molecule has 178 valence electrons. The van der Waals surface area contributed by atoms with Crippen molar-refractivity contribution in [2.45, 2.75) is 13.0 Å². The van der Waals surface area contributed by atoms with Crippen LogP contribution in [0.1, 0.15) is 17.3 Å². The molecule has 1 saturated heterocycles. The normalized spacial score (nSPS) is 17.0. The third-order valence-electron chi connectivity index (χ3n) is 5.60. The molecule has 3 amide bonds. The number of rotatable bonds is 4. The van der Waals surface area contributed by atoms with E-state index in [1.807, 2.05) is 0 Å². The number of carbonyl (C=O) groups excluding carboxylic acids is 3. The first-order chi connectivity index (χ1) is 16.3. The van der Waals surface area contributed by atoms with Crippen molar-refractivity contribution in [3.63, 3.8) is 0 Å². The highest BCUT2D eigenvalue weighted by Gasteiger charge is 2.29. The minimum atomic E-state index is -0.972. The summed E-state index contributed by atoms with van der Waals surface area (Å²) in [4.78, 5) is 51.0. The van der Waals surface area contributed by atoms with Crippen molar-refractivity contribution in [3.8, 4) is 11.5 Å². The zero-order valence-electron chi connectivity index (χ0n) is 18.4. The minimum absolute atomic E-state index is 0.00396. The molecule has 12 heteroatoms. The van der Waals surface area contributed by atoms with E-state index in [1.165, 1.54) is 19.1 Å². The Hall–Kier alpha value is -4.35.